The van der Waals surface area contributed by atoms with E-state index in [9.17, 15) is 5.11 Å². The van der Waals surface area contributed by atoms with E-state index in [4.69, 9.17) is 29.2 Å². The number of aromatic nitrogens is 3. The van der Waals surface area contributed by atoms with Crippen LogP contribution < -0.4 is 14.2 Å². The van der Waals surface area contributed by atoms with Gasteiger partial charge in [-0.1, -0.05) is 50.5 Å². The SMILES string of the molecule is CCCCCCOc1ccc(-c2nc(-c3cccc(OC)c3)nc(-c3cccc(OC)c3)n2)c(O)c1. The lowest BCUT2D eigenvalue weighted by atomic mass is 10.1. The summed E-state index contributed by atoms with van der Waals surface area (Å²) in [6.07, 6.45) is 4.48. The Bertz CT molecular complexity index is 1240. The highest BCUT2D eigenvalue weighted by molar-refractivity contribution is 5.71. The first-order valence-corrected chi connectivity index (χ1v) is 12.1. The maximum atomic E-state index is 10.9. The van der Waals surface area contributed by atoms with E-state index in [1.807, 2.05) is 54.6 Å². The number of rotatable bonds is 11. The van der Waals surface area contributed by atoms with Crippen LogP contribution in [0.1, 0.15) is 32.6 Å². The molecule has 0 fully saturated rings. The van der Waals surface area contributed by atoms with Crippen LogP contribution in [0.5, 0.6) is 23.0 Å². The van der Waals surface area contributed by atoms with Crippen molar-refractivity contribution in [1.29, 1.82) is 0 Å². The molecule has 0 radical (unpaired) electrons. The van der Waals surface area contributed by atoms with Gasteiger partial charge in [-0.05, 0) is 42.8 Å². The molecule has 0 aliphatic rings. The van der Waals surface area contributed by atoms with Gasteiger partial charge in [-0.3, -0.25) is 0 Å². The Morgan fingerprint density at radius 3 is 1.83 bits per heavy atom. The lowest BCUT2D eigenvalue weighted by Crippen LogP contribution is -2.01. The molecular formula is C29H31N3O4. The molecule has 0 atom stereocenters. The minimum Gasteiger partial charge on any atom is -0.507 e. The largest absolute Gasteiger partial charge is 0.507 e. The molecule has 3 aromatic carbocycles. The summed E-state index contributed by atoms with van der Waals surface area (Å²) in [5, 5.41) is 10.9. The van der Waals surface area contributed by atoms with Gasteiger partial charge in [0, 0.05) is 17.2 Å². The molecule has 0 unspecified atom stereocenters. The third-order valence-electron chi connectivity index (χ3n) is 5.77. The standard InChI is InChI=1S/C29H31N3O4/c1-4-5-6-7-16-36-24-14-15-25(26(33)19-24)29-31-27(20-10-8-12-22(17-20)34-2)30-28(32-29)21-11-9-13-23(18-21)35-3/h8-15,17-19,33H,4-7,16H2,1-3H3. The van der Waals surface area contributed by atoms with Crippen LogP contribution >= 0.6 is 0 Å². The molecule has 7 nitrogen and oxygen atoms in total. The van der Waals surface area contributed by atoms with Gasteiger partial charge in [0.1, 0.15) is 23.0 Å². The summed E-state index contributed by atoms with van der Waals surface area (Å²) in [4.78, 5) is 14.1. The predicted octanol–water partition coefficient (Wildman–Crippen LogP) is 6.55. The van der Waals surface area contributed by atoms with Gasteiger partial charge in [0.25, 0.3) is 0 Å². The van der Waals surface area contributed by atoms with Crippen LogP contribution in [0.4, 0.5) is 0 Å². The second-order valence-corrected chi connectivity index (χ2v) is 8.36. The molecule has 1 aromatic heterocycles. The summed E-state index contributed by atoms with van der Waals surface area (Å²) in [6, 6.07) is 20.2. The Labute approximate surface area is 211 Å². The summed E-state index contributed by atoms with van der Waals surface area (Å²) >= 11 is 0. The van der Waals surface area contributed by atoms with E-state index < -0.39 is 0 Å². The Balaban J connectivity index is 1.72. The predicted molar refractivity (Wildman–Crippen MR) is 141 cm³/mol. The number of hydrogen-bond acceptors (Lipinski definition) is 7. The van der Waals surface area contributed by atoms with Gasteiger partial charge in [-0.2, -0.15) is 0 Å². The van der Waals surface area contributed by atoms with Crippen LogP contribution in [-0.2, 0) is 0 Å². The monoisotopic (exact) mass is 485 g/mol. The van der Waals surface area contributed by atoms with Crippen LogP contribution in [0.15, 0.2) is 66.7 Å². The first-order valence-electron chi connectivity index (χ1n) is 12.1. The zero-order chi connectivity index (χ0) is 25.3. The van der Waals surface area contributed by atoms with Gasteiger partial charge in [-0.15, -0.1) is 0 Å². The number of unbranched alkanes of at least 4 members (excludes halogenated alkanes) is 3. The number of benzene rings is 3. The molecule has 0 aliphatic heterocycles. The first kappa shape index (κ1) is 25.0. The van der Waals surface area contributed by atoms with Crippen molar-refractivity contribution in [1.82, 2.24) is 15.0 Å². The van der Waals surface area contributed by atoms with Crippen LogP contribution in [0.2, 0.25) is 0 Å². The van der Waals surface area contributed by atoms with E-state index in [-0.39, 0.29) is 5.75 Å². The summed E-state index contributed by atoms with van der Waals surface area (Å²) in [7, 11) is 3.23. The van der Waals surface area contributed by atoms with Gasteiger partial charge < -0.3 is 19.3 Å². The third-order valence-corrected chi connectivity index (χ3v) is 5.77. The van der Waals surface area contributed by atoms with Crippen LogP contribution in [0, 0.1) is 0 Å². The maximum Gasteiger partial charge on any atom is 0.167 e. The van der Waals surface area contributed by atoms with Gasteiger partial charge in [0.2, 0.25) is 0 Å². The van der Waals surface area contributed by atoms with Gasteiger partial charge in [0.05, 0.1) is 26.4 Å². The molecule has 0 amide bonds. The van der Waals surface area contributed by atoms with Crippen molar-refractivity contribution in [3.8, 4) is 57.2 Å². The fraction of sp³-hybridized carbons (Fsp3) is 0.276. The molecule has 0 spiro atoms. The van der Waals surface area contributed by atoms with E-state index in [1.165, 1.54) is 12.8 Å². The zero-order valence-corrected chi connectivity index (χ0v) is 20.9. The average Bonchev–Trinajstić information content (AvgIpc) is 2.93. The second-order valence-electron chi connectivity index (χ2n) is 8.36. The van der Waals surface area contributed by atoms with Gasteiger partial charge in [-0.25, -0.2) is 15.0 Å². The summed E-state index contributed by atoms with van der Waals surface area (Å²) < 4.78 is 16.6. The molecule has 0 saturated heterocycles. The molecule has 0 bridgehead atoms. The summed E-state index contributed by atoms with van der Waals surface area (Å²) in [6.45, 7) is 2.79. The molecule has 186 valence electrons. The van der Waals surface area contributed by atoms with Crippen LogP contribution in [-0.4, -0.2) is 40.9 Å². The highest BCUT2D eigenvalue weighted by Crippen LogP contribution is 2.33. The van der Waals surface area contributed by atoms with Crippen molar-refractivity contribution in [2.45, 2.75) is 32.6 Å². The third kappa shape index (κ3) is 6.10. The topological polar surface area (TPSA) is 86.6 Å². The number of phenolic OH excluding ortho intramolecular Hbond substituents is 1. The quantitative estimate of drug-likeness (QED) is 0.241. The molecule has 0 aliphatic carbocycles. The second kappa shape index (κ2) is 12.0. The highest BCUT2D eigenvalue weighted by atomic mass is 16.5. The fourth-order valence-corrected chi connectivity index (χ4v) is 3.79. The molecule has 4 aromatic rings. The van der Waals surface area contributed by atoms with Crippen molar-refractivity contribution < 1.29 is 19.3 Å². The van der Waals surface area contributed by atoms with Crippen LogP contribution in [0.25, 0.3) is 34.2 Å². The lowest BCUT2D eigenvalue weighted by molar-refractivity contribution is 0.303. The number of phenols is 1. The Morgan fingerprint density at radius 2 is 1.28 bits per heavy atom. The number of nitrogens with zero attached hydrogens (tertiary/aromatic N) is 3. The Morgan fingerprint density at radius 1 is 0.667 bits per heavy atom. The first-order chi connectivity index (χ1) is 17.6. The zero-order valence-electron chi connectivity index (χ0n) is 20.9. The minimum atomic E-state index is 0.0421. The molecular weight excluding hydrogens is 454 g/mol. The van der Waals surface area contributed by atoms with E-state index in [2.05, 4.69) is 6.92 Å². The fourth-order valence-electron chi connectivity index (χ4n) is 3.79. The molecule has 1 heterocycles. The number of methoxy groups -OCH3 is 2. The molecule has 4 rings (SSSR count). The van der Waals surface area contributed by atoms with Gasteiger partial charge >= 0.3 is 0 Å². The number of hydrogen-bond donors (Lipinski definition) is 1. The van der Waals surface area contributed by atoms with Crippen molar-refractivity contribution in [2.75, 3.05) is 20.8 Å². The molecule has 0 saturated carbocycles. The van der Waals surface area contributed by atoms with Gasteiger partial charge in [0.15, 0.2) is 17.5 Å². The van der Waals surface area contributed by atoms with Crippen molar-refractivity contribution in [3.63, 3.8) is 0 Å². The smallest absolute Gasteiger partial charge is 0.167 e. The van der Waals surface area contributed by atoms with Crippen molar-refractivity contribution in [3.05, 3.63) is 66.7 Å². The normalized spacial score (nSPS) is 10.8. The number of aromatic hydroxyl groups is 1. The van der Waals surface area contributed by atoms with Crippen LogP contribution in [0.3, 0.4) is 0 Å². The van der Waals surface area contributed by atoms with E-state index in [0.29, 0.717) is 46.9 Å². The molecule has 36 heavy (non-hydrogen) atoms. The van der Waals surface area contributed by atoms with Crippen molar-refractivity contribution in [2.24, 2.45) is 0 Å². The van der Waals surface area contributed by atoms with E-state index in [0.717, 1.165) is 24.0 Å². The number of ether oxygens (including phenoxy) is 3. The Kier molecular flexibility index (Phi) is 8.34. The lowest BCUT2D eigenvalue weighted by Gasteiger charge is -2.12. The van der Waals surface area contributed by atoms with E-state index >= 15 is 0 Å². The summed E-state index contributed by atoms with van der Waals surface area (Å²) in [5.74, 6) is 3.33. The van der Waals surface area contributed by atoms with Crippen molar-refractivity contribution >= 4 is 0 Å². The minimum absolute atomic E-state index is 0.0421. The summed E-state index contributed by atoms with van der Waals surface area (Å²) in [5.41, 5.74) is 2.03. The maximum absolute atomic E-state index is 10.9. The highest BCUT2D eigenvalue weighted by Gasteiger charge is 2.16. The molecule has 1 N–H and O–H groups in total. The average molecular weight is 486 g/mol. The van der Waals surface area contributed by atoms with E-state index in [1.54, 1.807) is 26.4 Å². The Hall–Kier alpha value is -4.13. The molecule has 7 heteroatoms.